The minimum atomic E-state index is -4.44. The first-order valence-corrected chi connectivity index (χ1v) is 9.12. The Bertz CT molecular complexity index is 645. The van der Waals surface area contributed by atoms with E-state index in [0.717, 1.165) is 17.8 Å². The summed E-state index contributed by atoms with van der Waals surface area (Å²) in [4.78, 5) is 15.3. The molecule has 0 unspecified atom stereocenters. The summed E-state index contributed by atoms with van der Waals surface area (Å²) in [6.07, 6.45) is -3.34. The molecule has 0 saturated carbocycles. The fourth-order valence-electron chi connectivity index (χ4n) is 1.95. The van der Waals surface area contributed by atoms with E-state index < -0.39 is 27.6 Å². The molecule has 0 aliphatic carbocycles. The second-order valence-corrected chi connectivity index (χ2v) is 8.06. The van der Waals surface area contributed by atoms with Crippen molar-refractivity contribution in [3.63, 3.8) is 0 Å². The maximum atomic E-state index is 12.4. The second-order valence-electron chi connectivity index (χ2n) is 4.84. The third kappa shape index (κ3) is 4.87. The van der Waals surface area contributed by atoms with Crippen LogP contribution >= 0.6 is 11.8 Å². The van der Waals surface area contributed by atoms with Crippen molar-refractivity contribution in [2.75, 3.05) is 17.3 Å². The van der Waals surface area contributed by atoms with E-state index in [4.69, 9.17) is 0 Å². The van der Waals surface area contributed by atoms with Crippen LogP contribution in [0.1, 0.15) is 12.0 Å². The molecular formula is C12H13F3N2O3S2. The third-order valence-corrected chi connectivity index (χ3v) is 5.72. The fraction of sp³-hybridized carbons (Fsp3) is 0.500. The highest BCUT2D eigenvalue weighted by Crippen LogP contribution is 2.29. The molecule has 0 radical (unpaired) electrons. The number of hydrogen-bond acceptors (Lipinski definition) is 5. The number of halogens is 3. The van der Waals surface area contributed by atoms with E-state index in [1.54, 1.807) is 0 Å². The zero-order valence-electron chi connectivity index (χ0n) is 11.3. The van der Waals surface area contributed by atoms with Gasteiger partial charge in [-0.05, 0) is 18.6 Å². The number of thioether (sulfide) groups is 1. The zero-order valence-corrected chi connectivity index (χ0v) is 12.9. The first kappa shape index (κ1) is 17.1. The number of sulfone groups is 1. The van der Waals surface area contributed by atoms with Crippen molar-refractivity contribution in [2.45, 2.75) is 23.7 Å². The molecule has 1 aliphatic heterocycles. The van der Waals surface area contributed by atoms with Crippen LogP contribution in [0.2, 0.25) is 0 Å². The van der Waals surface area contributed by atoms with Crippen molar-refractivity contribution in [3.8, 4) is 0 Å². The van der Waals surface area contributed by atoms with Gasteiger partial charge in [0.2, 0.25) is 5.91 Å². The Balaban J connectivity index is 1.81. The van der Waals surface area contributed by atoms with Gasteiger partial charge in [-0.2, -0.15) is 13.2 Å². The van der Waals surface area contributed by atoms with Crippen LogP contribution in [0.25, 0.3) is 0 Å². The molecule has 1 N–H and O–H groups in total. The molecule has 1 atom stereocenters. The van der Waals surface area contributed by atoms with E-state index in [2.05, 4.69) is 10.3 Å². The first-order chi connectivity index (χ1) is 10.2. The summed E-state index contributed by atoms with van der Waals surface area (Å²) in [5.74, 6) is -0.406. The first-order valence-electron chi connectivity index (χ1n) is 6.31. The van der Waals surface area contributed by atoms with E-state index in [1.165, 1.54) is 6.07 Å². The molecule has 10 heteroatoms. The normalized spacial score (nSPS) is 20.8. The summed E-state index contributed by atoms with van der Waals surface area (Å²) >= 11 is 0.991. The van der Waals surface area contributed by atoms with Crippen LogP contribution in [0.5, 0.6) is 0 Å². The highest BCUT2D eigenvalue weighted by Gasteiger charge is 2.31. The molecule has 5 nitrogen and oxygen atoms in total. The third-order valence-electron chi connectivity index (χ3n) is 3.01. The van der Waals surface area contributed by atoms with Gasteiger partial charge in [0, 0.05) is 12.2 Å². The molecule has 1 fully saturated rings. The highest BCUT2D eigenvalue weighted by atomic mass is 32.2. The molecular weight excluding hydrogens is 341 g/mol. The second kappa shape index (κ2) is 6.45. The number of alkyl halides is 3. The van der Waals surface area contributed by atoms with Crippen molar-refractivity contribution < 1.29 is 26.4 Å². The van der Waals surface area contributed by atoms with Crippen LogP contribution < -0.4 is 5.32 Å². The average Bonchev–Trinajstić information content (AvgIpc) is 2.75. The molecule has 1 amide bonds. The molecule has 2 rings (SSSR count). The van der Waals surface area contributed by atoms with E-state index >= 15 is 0 Å². The Morgan fingerprint density at radius 3 is 2.64 bits per heavy atom. The maximum absolute atomic E-state index is 12.4. The minimum absolute atomic E-state index is 0.0328. The Labute approximate surface area is 129 Å². The molecule has 1 aromatic rings. The van der Waals surface area contributed by atoms with Gasteiger partial charge in [0.05, 0.1) is 27.8 Å². The number of rotatable bonds is 4. The van der Waals surface area contributed by atoms with Crippen molar-refractivity contribution in [2.24, 2.45) is 0 Å². The number of carbonyl (C=O) groups is 1. The number of pyridine rings is 1. The van der Waals surface area contributed by atoms with Crippen molar-refractivity contribution in [1.29, 1.82) is 0 Å². The summed E-state index contributed by atoms with van der Waals surface area (Å²) in [5, 5.41) is 2.89. The summed E-state index contributed by atoms with van der Waals surface area (Å²) < 4.78 is 59.6. The molecule has 0 spiro atoms. The lowest BCUT2D eigenvalue weighted by molar-refractivity contribution is -0.137. The van der Waals surface area contributed by atoms with Gasteiger partial charge in [-0.15, -0.1) is 0 Å². The Hall–Kier alpha value is -1.29. The average molecular weight is 354 g/mol. The van der Waals surface area contributed by atoms with Gasteiger partial charge < -0.3 is 5.32 Å². The highest BCUT2D eigenvalue weighted by molar-refractivity contribution is 7.99. The van der Waals surface area contributed by atoms with Gasteiger partial charge in [-0.1, -0.05) is 11.8 Å². The van der Waals surface area contributed by atoms with Crippen molar-refractivity contribution in [3.05, 3.63) is 23.9 Å². The Kier molecular flexibility index (Phi) is 5.00. The van der Waals surface area contributed by atoms with Gasteiger partial charge in [0.1, 0.15) is 0 Å². The number of amides is 1. The van der Waals surface area contributed by atoms with Crippen LogP contribution in [0.15, 0.2) is 23.4 Å². The van der Waals surface area contributed by atoms with Gasteiger partial charge >= 0.3 is 6.18 Å². The van der Waals surface area contributed by atoms with Crippen LogP contribution in [0.4, 0.5) is 13.2 Å². The quantitative estimate of drug-likeness (QED) is 0.829. The number of nitrogens with zero attached hydrogens (tertiary/aromatic N) is 1. The van der Waals surface area contributed by atoms with Crippen LogP contribution in [0.3, 0.4) is 0 Å². The number of hydrogen-bond donors (Lipinski definition) is 1. The van der Waals surface area contributed by atoms with Gasteiger partial charge in [-0.25, -0.2) is 13.4 Å². The topological polar surface area (TPSA) is 76.1 Å². The Morgan fingerprint density at radius 1 is 1.41 bits per heavy atom. The van der Waals surface area contributed by atoms with Crippen LogP contribution in [-0.2, 0) is 20.8 Å². The smallest absolute Gasteiger partial charge is 0.352 e. The largest absolute Gasteiger partial charge is 0.417 e. The zero-order chi connectivity index (χ0) is 16.4. The summed E-state index contributed by atoms with van der Waals surface area (Å²) in [6.45, 7) is 0. The molecule has 1 aromatic heterocycles. The molecule has 22 heavy (non-hydrogen) atoms. The lowest BCUT2D eigenvalue weighted by atomic mass is 10.3. The maximum Gasteiger partial charge on any atom is 0.417 e. The lowest BCUT2D eigenvalue weighted by Crippen LogP contribution is -2.36. The SMILES string of the molecule is O=C(CSc1ccc(C(F)(F)F)cn1)N[C@H]1CCS(=O)(=O)C1. The van der Waals surface area contributed by atoms with E-state index in [9.17, 15) is 26.4 Å². The fourth-order valence-corrected chi connectivity index (χ4v) is 4.28. The monoisotopic (exact) mass is 354 g/mol. The molecule has 1 aliphatic rings. The van der Waals surface area contributed by atoms with E-state index in [-0.39, 0.29) is 23.2 Å². The van der Waals surface area contributed by atoms with Gasteiger partial charge in [0.15, 0.2) is 9.84 Å². The molecule has 122 valence electrons. The molecule has 1 saturated heterocycles. The lowest BCUT2D eigenvalue weighted by Gasteiger charge is -2.10. The molecule has 0 aromatic carbocycles. The van der Waals surface area contributed by atoms with Crippen LogP contribution in [0, 0.1) is 0 Å². The number of nitrogens with one attached hydrogen (secondary N) is 1. The van der Waals surface area contributed by atoms with E-state index in [1.807, 2.05) is 0 Å². The minimum Gasteiger partial charge on any atom is -0.352 e. The van der Waals surface area contributed by atoms with Crippen molar-refractivity contribution in [1.82, 2.24) is 10.3 Å². The summed E-state index contributed by atoms with van der Waals surface area (Å²) in [7, 11) is -3.07. The number of aromatic nitrogens is 1. The van der Waals surface area contributed by atoms with E-state index in [0.29, 0.717) is 17.6 Å². The van der Waals surface area contributed by atoms with Gasteiger partial charge in [0.25, 0.3) is 0 Å². The van der Waals surface area contributed by atoms with Crippen molar-refractivity contribution >= 4 is 27.5 Å². The Morgan fingerprint density at radius 2 is 2.14 bits per heavy atom. The summed E-state index contributed by atoms with van der Waals surface area (Å²) in [6, 6.07) is 1.70. The predicted molar refractivity (Wildman–Crippen MR) is 75.2 cm³/mol. The number of carbonyl (C=O) groups excluding carboxylic acids is 1. The molecule has 0 bridgehead atoms. The molecule has 2 heterocycles. The standard InChI is InChI=1S/C12H13F3N2O3S2/c13-12(14,15)8-1-2-11(16-5-8)21-6-10(18)17-9-3-4-22(19,20)7-9/h1-2,5,9H,3-4,6-7H2,(H,17,18)/t9-/m0/s1. The summed E-state index contributed by atoms with van der Waals surface area (Å²) in [5.41, 5.74) is -0.850. The van der Waals surface area contributed by atoms with Crippen LogP contribution in [-0.4, -0.2) is 42.6 Å². The van der Waals surface area contributed by atoms with Gasteiger partial charge in [-0.3, -0.25) is 4.79 Å². The predicted octanol–water partition coefficient (Wildman–Crippen LogP) is 1.50.